The molecule has 0 aliphatic carbocycles. The number of aromatic nitrogens is 2. The van der Waals surface area contributed by atoms with Gasteiger partial charge in [0.25, 0.3) is 0 Å². The molecule has 1 aromatic carbocycles. The second-order valence-electron chi connectivity index (χ2n) is 4.66. The maximum absolute atomic E-state index is 13.8. The van der Waals surface area contributed by atoms with Crippen LogP contribution in [0.15, 0.2) is 18.5 Å². The minimum atomic E-state index is -1.15. The Balaban J connectivity index is 2.02. The number of carboxylic acids is 1. The normalized spacial score (nSPS) is 19.1. The molecule has 1 aliphatic rings. The molecule has 0 saturated carbocycles. The predicted molar refractivity (Wildman–Crippen MR) is 65.6 cm³/mol. The van der Waals surface area contributed by atoms with Crippen molar-refractivity contribution in [3.63, 3.8) is 0 Å². The second kappa shape index (κ2) is 4.62. The van der Waals surface area contributed by atoms with Gasteiger partial charge in [0.15, 0.2) is 5.82 Å². The Hall–Kier alpha value is -1.95. The molecule has 0 amide bonds. The van der Waals surface area contributed by atoms with Gasteiger partial charge in [-0.1, -0.05) is 0 Å². The summed E-state index contributed by atoms with van der Waals surface area (Å²) in [4.78, 5) is 15.0. The Bertz CT molecular complexity index is 632. The van der Waals surface area contributed by atoms with E-state index in [1.807, 2.05) is 0 Å². The Morgan fingerprint density at radius 2 is 2.42 bits per heavy atom. The van der Waals surface area contributed by atoms with Gasteiger partial charge in [0, 0.05) is 6.61 Å². The summed E-state index contributed by atoms with van der Waals surface area (Å²) in [6.45, 7) is 1.31. The quantitative estimate of drug-likeness (QED) is 0.921. The number of halogens is 1. The number of benzene rings is 1. The van der Waals surface area contributed by atoms with E-state index in [-0.39, 0.29) is 17.2 Å². The van der Waals surface area contributed by atoms with Crippen LogP contribution in [-0.4, -0.2) is 33.3 Å². The Labute approximate surface area is 108 Å². The van der Waals surface area contributed by atoms with Gasteiger partial charge in [-0.05, 0) is 25.0 Å². The summed E-state index contributed by atoms with van der Waals surface area (Å²) < 4.78 is 21.0. The fraction of sp³-hybridized carbons (Fsp3) is 0.385. The molecule has 0 radical (unpaired) electrons. The lowest BCUT2D eigenvalue weighted by molar-refractivity contribution is 0.0696. The van der Waals surface area contributed by atoms with Crippen molar-refractivity contribution in [2.75, 3.05) is 6.61 Å². The van der Waals surface area contributed by atoms with Gasteiger partial charge in [0.1, 0.15) is 5.52 Å². The van der Waals surface area contributed by atoms with E-state index >= 15 is 0 Å². The maximum atomic E-state index is 13.8. The molecule has 100 valence electrons. The maximum Gasteiger partial charge on any atom is 0.335 e. The lowest BCUT2D eigenvalue weighted by atomic mass is 10.2. The van der Waals surface area contributed by atoms with E-state index in [2.05, 4.69) is 4.98 Å². The molecule has 1 N–H and O–H groups in total. The van der Waals surface area contributed by atoms with E-state index in [0.717, 1.165) is 25.5 Å². The van der Waals surface area contributed by atoms with Crippen LogP contribution in [0.3, 0.4) is 0 Å². The molecule has 2 heterocycles. The van der Waals surface area contributed by atoms with Crippen molar-refractivity contribution in [2.24, 2.45) is 0 Å². The number of ether oxygens (including phenoxy) is 1. The highest BCUT2D eigenvalue weighted by molar-refractivity contribution is 5.92. The first kappa shape index (κ1) is 12.1. The van der Waals surface area contributed by atoms with Gasteiger partial charge in [0.05, 0.1) is 30.1 Å². The molecule has 19 heavy (non-hydrogen) atoms. The van der Waals surface area contributed by atoms with E-state index in [9.17, 15) is 9.18 Å². The van der Waals surface area contributed by atoms with E-state index in [1.165, 1.54) is 12.4 Å². The van der Waals surface area contributed by atoms with Crippen LogP contribution in [0.5, 0.6) is 0 Å². The van der Waals surface area contributed by atoms with Crippen LogP contribution in [0.1, 0.15) is 23.2 Å². The van der Waals surface area contributed by atoms with Gasteiger partial charge in [-0.3, -0.25) is 0 Å². The van der Waals surface area contributed by atoms with Crippen molar-refractivity contribution < 1.29 is 19.0 Å². The summed E-state index contributed by atoms with van der Waals surface area (Å²) in [7, 11) is 0. The van der Waals surface area contributed by atoms with Gasteiger partial charge in [-0.2, -0.15) is 0 Å². The number of rotatable bonds is 3. The Morgan fingerprint density at radius 3 is 3.11 bits per heavy atom. The van der Waals surface area contributed by atoms with Crippen molar-refractivity contribution in [3.05, 3.63) is 29.8 Å². The van der Waals surface area contributed by atoms with Gasteiger partial charge in [-0.25, -0.2) is 14.2 Å². The average molecular weight is 264 g/mol. The standard InChI is InChI=1S/C13H13FN2O3/c14-10-4-8(13(17)18)5-11-12(10)15-7-16(11)6-9-2-1-3-19-9/h4-5,7,9H,1-3,6H2,(H,17,18)/t9-/m0/s1. The number of carboxylic acid groups (broad SMARTS) is 1. The third-order valence-corrected chi connectivity index (χ3v) is 3.35. The molecule has 1 fully saturated rings. The van der Waals surface area contributed by atoms with Gasteiger partial charge in [-0.15, -0.1) is 0 Å². The van der Waals surface area contributed by atoms with Crippen LogP contribution in [0.2, 0.25) is 0 Å². The molecule has 5 nitrogen and oxygen atoms in total. The molecule has 1 aliphatic heterocycles. The molecular weight excluding hydrogens is 251 g/mol. The molecule has 1 aromatic heterocycles. The fourth-order valence-electron chi connectivity index (χ4n) is 2.40. The SMILES string of the molecule is O=C(O)c1cc(F)c2ncn(C[C@@H]3CCCO3)c2c1. The Morgan fingerprint density at radius 1 is 1.58 bits per heavy atom. The molecular formula is C13H13FN2O3. The fourth-order valence-corrected chi connectivity index (χ4v) is 2.40. The zero-order valence-corrected chi connectivity index (χ0v) is 10.2. The van der Waals surface area contributed by atoms with E-state index in [0.29, 0.717) is 12.1 Å². The minimum Gasteiger partial charge on any atom is -0.478 e. The third-order valence-electron chi connectivity index (χ3n) is 3.35. The van der Waals surface area contributed by atoms with Crippen molar-refractivity contribution in [1.29, 1.82) is 0 Å². The summed E-state index contributed by atoms with van der Waals surface area (Å²) in [5, 5.41) is 8.96. The molecule has 6 heteroatoms. The van der Waals surface area contributed by atoms with E-state index < -0.39 is 11.8 Å². The number of hydrogen-bond donors (Lipinski definition) is 1. The zero-order valence-electron chi connectivity index (χ0n) is 10.2. The molecule has 1 atom stereocenters. The van der Waals surface area contributed by atoms with Crippen molar-refractivity contribution in [3.8, 4) is 0 Å². The lowest BCUT2D eigenvalue weighted by Crippen LogP contribution is -2.14. The first-order valence-electron chi connectivity index (χ1n) is 6.14. The molecule has 3 rings (SSSR count). The van der Waals surface area contributed by atoms with E-state index in [1.54, 1.807) is 4.57 Å². The van der Waals surface area contributed by atoms with E-state index in [4.69, 9.17) is 9.84 Å². The largest absolute Gasteiger partial charge is 0.478 e. The monoisotopic (exact) mass is 264 g/mol. The third kappa shape index (κ3) is 2.19. The molecule has 0 spiro atoms. The highest BCUT2D eigenvalue weighted by Crippen LogP contribution is 2.21. The van der Waals surface area contributed by atoms with Gasteiger partial charge < -0.3 is 14.4 Å². The Kier molecular flexibility index (Phi) is 2.94. The van der Waals surface area contributed by atoms with Crippen LogP contribution < -0.4 is 0 Å². The van der Waals surface area contributed by atoms with Crippen molar-refractivity contribution in [1.82, 2.24) is 9.55 Å². The zero-order chi connectivity index (χ0) is 13.4. The lowest BCUT2D eigenvalue weighted by Gasteiger charge is -2.11. The number of nitrogens with zero attached hydrogens (tertiary/aromatic N) is 2. The minimum absolute atomic E-state index is 0.0703. The topological polar surface area (TPSA) is 64.3 Å². The van der Waals surface area contributed by atoms with Crippen LogP contribution in [0, 0.1) is 5.82 Å². The van der Waals surface area contributed by atoms with Crippen LogP contribution in [-0.2, 0) is 11.3 Å². The molecule has 0 unspecified atom stereocenters. The average Bonchev–Trinajstić information content (AvgIpc) is 3.00. The number of fused-ring (bicyclic) bond motifs is 1. The highest BCUT2D eigenvalue weighted by Gasteiger charge is 2.19. The van der Waals surface area contributed by atoms with Gasteiger partial charge >= 0.3 is 5.97 Å². The second-order valence-corrected chi connectivity index (χ2v) is 4.66. The first-order valence-corrected chi connectivity index (χ1v) is 6.14. The molecule has 0 bridgehead atoms. The molecule has 1 saturated heterocycles. The van der Waals surface area contributed by atoms with Gasteiger partial charge in [0.2, 0.25) is 0 Å². The predicted octanol–water partition coefficient (Wildman–Crippen LogP) is 2.05. The summed E-state index contributed by atoms with van der Waals surface area (Å²) in [5.41, 5.74) is 0.620. The van der Waals surface area contributed by atoms with Crippen LogP contribution in [0.25, 0.3) is 11.0 Å². The first-order chi connectivity index (χ1) is 9.15. The summed E-state index contributed by atoms with van der Waals surface area (Å²) in [5.74, 6) is -1.76. The summed E-state index contributed by atoms with van der Waals surface area (Å²) in [6, 6.07) is 2.44. The molecule has 2 aromatic rings. The number of imidazole rings is 1. The number of aromatic carboxylic acids is 1. The van der Waals surface area contributed by atoms with Crippen LogP contribution in [0.4, 0.5) is 4.39 Å². The van der Waals surface area contributed by atoms with Crippen molar-refractivity contribution in [2.45, 2.75) is 25.5 Å². The number of carbonyl (C=O) groups is 1. The smallest absolute Gasteiger partial charge is 0.335 e. The number of hydrogen-bond acceptors (Lipinski definition) is 3. The van der Waals surface area contributed by atoms with Crippen molar-refractivity contribution >= 4 is 17.0 Å². The van der Waals surface area contributed by atoms with Crippen LogP contribution >= 0.6 is 0 Å². The summed E-state index contributed by atoms with van der Waals surface area (Å²) >= 11 is 0. The summed E-state index contributed by atoms with van der Waals surface area (Å²) in [6.07, 6.45) is 3.60. The highest BCUT2D eigenvalue weighted by atomic mass is 19.1.